The zero-order chi connectivity index (χ0) is 22.1. The van der Waals surface area contributed by atoms with Gasteiger partial charge in [0.2, 0.25) is 0 Å². The first-order valence-corrected chi connectivity index (χ1v) is 10.9. The fourth-order valence-electron chi connectivity index (χ4n) is 3.97. The highest BCUT2D eigenvalue weighted by atomic mass is 16.5. The van der Waals surface area contributed by atoms with Crippen molar-refractivity contribution in [2.24, 2.45) is 0 Å². The monoisotopic (exact) mass is 425 g/mol. The Morgan fingerprint density at radius 1 is 1.00 bits per heavy atom. The Hall–Kier alpha value is -3.02. The van der Waals surface area contributed by atoms with E-state index in [9.17, 15) is 9.59 Å². The Morgan fingerprint density at radius 3 is 2.42 bits per heavy atom. The SMILES string of the molecule is CCN(C(=O)COC(=O)c1ccc(OCc2ccccc2)c(OC)c1)C1CCCCC1. The van der Waals surface area contributed by atoms with E-state index < -0.39 is 5.97 Å². The van der Waals surface area contributed by atoms with E-state index in [0.29, 0.717) is 30.2 Å². The van der Waals surface area contributed by atoms with Crippen LogP contribution in [0.5, 0.6) is 11.5 Å². The summed E-state index contributed by atoms with van der Waals surface area (Å²) in [6, 6.07) is 14.9. The van der Waals surface area contributed by atoms with Crippen LogP contribution >= 0.6 is 0 Å². The molecule has 0 bridgehead atoms. The number of carbonyl (C=O) groups is 2. The van der Waals surface area contributed by atoms with E-state index in [1.165, 1.54) is 13.5 Å². The van der Waals surface area contributed by atoms with E-state index >= 15 is 0 Å². The van der Waals surface area contributed by atoms with Crippen LogP contribution < -0.4 is 9.47 Å². The van der Waals surface area contributed by atoms with E-state index in [0.717, 1.165) is 31.2 Å². The van der Waals surface area contributed by atoms with Gasteiger partial charge < -0.3 is 19.1 Å². The van der Waals surface area contributed by atoms with Crippen molar-refractivity contribution in [3.63, 3.8) is 0 Å². The summed E-state index contributed by atoms with van der Waals surface area (Å²) in [5.74, 6) is 0.279. The van der Waals surface area contributed by atoms with Crippen LogP contribution in [0, 0.1) is 0 Å². The van der Waals surface area contributed by atoms with Crippen molar-refractivity contribution in [1.82, 2.24) is 4.90 Å². The first kappa shape index (κ1) is 22.7. The van der Waals surface area contributed by atoms with E-state index in [-0.39, 0.29) is 18.6 Å². The fourth-order valence-corrected chi connectivity index (χ4v) is 3.97. The largest absolute Gasteiger partial charge is 0.493 e. The Labute approximate surface area is 184 Å². The number of nitrogens with zero attached hydrogens (tertiary/aromatic N) is 1. The van der Waals surface area contributed by atoms with Crippen LogP contribution in [0.25, 0.3) is 0 Å². The van der Waals surface area contributed by atoms with Crippen molar-refractivity contribution in [2.45, 2.75) is 51.7 Å². The summed E-state index contributed by atoms with van der Waals surface area (Å²) in [4.78, 5) is 27.0. The zero-order valence-corrected chi connectivity index (χ0v) is 18.3. The molecule has 0 radical (unpaired) electrons. The summed E-state index contributed by atoms with van der Waals surface area (Å²) in [6.07, 6.45) is 5.56. The van der Waals surface area contributed by atoms with Gasteiger partial charge in [-0.15, -0.1) is 0 Å². The molecule has 0 heterocycles. The van der Waals surface area contributed by atoms with Crippen LogP contribution in [0.3, 0.4) is 0 Å². The fraction of sp³-hybridized carbons (Fsp3) is 0.440. The summed E-state index contributed by atoms with van der Waals surface area (Å²) in [7, 11) is 1.52. The maximum atomic E-state index is 12.6. The third-order valence-corrected chi connectivity index (χ3v) is 5.64. The van der Waals surface area contributed by atoms with Gasteiger partial charge in [-0.2, -0.15) is 0 Å². The molecule has 1 saturated carbocycles. The van der Waals surface area contributed by atoms with Gasteiger partial charge in [0, 0.05) is 12.6 Å². The number of hydrogen-bond donors (Lipinski definition) is 0. The summed E-state index contributed by atoms with van der Waals surface area (Å²) >= 11 is 0. The standard InChI is InChI=1S/C25H31NO5/c1-3-26(21-12-8-5-9-13-21)24(27)18-31-25(28)20-14-15-22(23(16-20)29-2)30-17-19-10-6-4-7-11-19/h4,6-7,10-11,14-16,21H,3,5,8-9,12-13,17-18H2,1-2H3. The summed E-state index contributed by atoms with van der Waals surface area (Å²) in [5.41, 5.74) is 1.35. The molecule has 2 aromatic carbocycles. The number of esters is 1. The quantitative estimate of drug-likeness (QED) is 0.549. The van der Waals surface area contributed by atoms with Crippen molar-refractivity contribution in [3.8, 4) is 11.5 Å². The molecular formula is C25H31NO5. The van der Waals surface area contributed by atoms with Crippen molar-refractivity contribution < 1.29 is 23.8 Å². The van der Waals surface area contributed by atoms with Crippen molar-refractivity contribution in [1.29, 1.82) is 0 Å². The predicted octanol–water partition coefficient (Wildman–Crippen LogP) is 4.61. The zero-order valence-electron chi connectivity index (χ0n) is 18.3. The molecule has 166 valence electrons. The molecule has 0 unspecified atom stereocenters. The third-order valence-electron chi connectivity index (χ3n) is 5.64. The second-order valence-electron chi connectivity index (χ2n) is 7.69. The van der Waals surface area contributed by atoms with Gasteiger partial charge in [0.25, 0.3) is 5.91 Å². The number of benzene rings is 2. The number of likely N-dealkylation sites (N-methyl/N-ethyl adjacent to an activating group) is 1. The molecule has 0 atom stereocenters. The van der Waals surface area contributed by atoms with E-state index in [1.807, 2.05) is 42.2 Å². The minimum absolute atomic E-state index is 0.141. The van der Waals surface area contributed by atoms with Crippen LogP contribution in [-0.2, 0) is 16.1 Å². The second kappa shape index (κ2) is 11.4. The Morgan fingerprint density at radius 2 is 1.74 bits per heavy atom. The lowest BCUT2D eigenvalue weighted by Crippen LogP contribution is -2.43. The minimum atomic E-state index is -0.555. The van der Waals surface area contributed by atoms with Crippen molar-refractivity contribution in [3.05, 3.63) is 59.7 Å². The van der Waals surface area contributed by atoms with Gasteiger partial charge in [-0.05, 0) is 43.5 Å². The molecular weight excluding hydrogens is 394 g/mol. The van der Waals surface area contributed by atoms with Gasteiger partial charge in [0.15, 0.2) is 18.1 Å². The maximum Gasteiger partial charge on any atom is 0.338 e. The lowest BCUT2D eigenvalue weighted by molar-refractivity contribution is -0.137. The van der Waals surface area contributed by atoms with Crippen molar-refractivity contribution in [2.75, 3.05) is 20.3 Å². The Balaban J connectivity index is 1.57. The van der Waals surface area contributed by atoms with Crippen LogP contribution in [0.2, 0.25) is 0 Å². The van der Waals surface area contributed by atoms with Crippen LogP contribution in [0.1, 0.15) is 54.9 Å². The number of ether oxygens (including phenoxy) is 3. The highest BCUT2D eigenvalue weighted by Crippen LogP contribution is 2.29. The van der Waals surface area contributed by atoms with Gasteiger partial charge in [-0.1, -0.05) is 49.6 Å². The summed E-state index contributed by atoms with van der Waals surface area (Å²) in [5, 5.41) is 0. The molecule has 0 aliphatic heterocycles. The molecule has 0 aromatic heterocycles. The molecule has 1 fully saturated rings. The van der Waals surface area contributed by atoms with Crippen LogP contribution in [0.15, 0.2) is 48.5 Å². The van der Waals surface area contributed by atoms with Crippen LogP contribution in [0.4, 0.5) is 0 Å². The number of amides is 1. The normalized spacial score (nSPS) is 14.0. The summed E-state index contributed by atoms with van der Waals surface area (Å²) in [6.45, 7) is 2.73. The number of methoxy groups -OCH3 is 1. The molecule has 0 N–H and O–H groups in total. The maximum absolute atomic E-state index is 12.6. The highest BCUT2D eigenvalue weighted by Gasteiger charge is 2.25. The van der Waals surface area contributed by atoms with E-state index in [2.05, 4.69) is 0 Å². The highest BCUT2D eigenvalue weighted by molar-refractivity contribution is 5.92. The molecule has 31 heavy (non-hydrogen) atoms. The van der Waals surface area contributed by atoms with Gasteiger partial charge in [-0.25, -0.2) is 4.79 Å². The molecule has 3 rings (SSSR count). The molecule has 1 amide bonds. The van der Waals surface area contributed by atoms with Gasteiger partial charge in [0.05, 0.1) is 12.7 Å². The smallest absolute Gasteiger partial charge is 0.338 e. The molecule has 1 aliphatic rings. The molecule has 2 aromatic rings. The lowest BCUT2D eigenvalue weighted by atomic mass is 9.94. The van der Waals surface area contributed by atoms with Gasteiger partial charge in [0.1, 0.15) is 6.61 Å². The number of rotatable bonds is 9. The molecule has 0 spiro atoms. The topological polar surface area (TPSA) is 65.1 Å². The Kier molecular flexibility index (Phi) is 8.33. The van der Waals surface area contributed by atoms with E-state index in [1.54, 1.807) is 18.2 Å². The molecule has 1 aliphatic carbocycles. The van der Waals surface area contributed by atoms with Crippen molar-refractivity contribution >= 4 is 11.9 Å². The molecule has 6 nitrogen and oxygen atoms in total. The molecule has 0 saturated heterocycles. The number of hydrogen-bond acceptors (Lipinski definition) is 5. The first-order chi connectivity index (χ1) is 15.1. The predicted molar refractivity (Wildman–Crippen MR) is 118 cm³/mol. The lowest BCUT2D eigenvalue weighted by Gasteiger charge is -2.33. The Bertz CT molecular complexity index is 861. The summed E-state index contributed by atoms with van der Waals surface area (Å²) < 4.78 is 16.5. The minimum Gasteiger partial charge on any atom is -0.493 e. The average Bonchev–Trinajstić information content (AvgIpc) is 2.83. The van der Waals surface area contributed by atoms with Gasteiger partial charge >= 0.3 is 5.97 Å². The van der Waals surface area contributed by atoms with E-state index in [4.69, 9.17) is 14.2 Å². The first-order valence-electron chi connectivity index (χ1n) is 10.9. The average molecular weight is 426 g/mol. The third kappa shape index (κ3) is 6.23. The van der Waals surface area contributed by atoms with Gasteiger partial charge in [-0.3, -0.25) is 4.79 Å². The second-order valence-corrected chi connectivity index (χ2v) is 7.69. The number of carbonyl (C=O) groups excluding carboxylic acids is 2. The molecule has 6 heteroatoms. The van der Waals surface area contributed by atoms with Crippen LogP contribution in [-0.4, -0.2) is 43.1 Å².